The lowest BCUT2D eigenvalue weighted by Gasteiger charge is -1.94. The van der Waals surface area contributed by atoms with Gasteiger partial charge in [-0.15, -0.1) is 0 Å². The van der Waals surface area contributed by atoms with Gasteiger partial charge in [0, 0.05) is 28.9 Å². The molecule has 0 spiro atoms. The predicted octanol–water partition coefficient (Wildman–Crippen LogP) is 2.87. The van der Waals surface area contributed by atoms with Gasteiger partial charge in [-0.05, 0) is 30.3 Å². The number of benzene rings is 2. The zero-order valence-electron chi connectivity index (χ0n) is 10.7. The molecule has 0 aliphatic carbocycles. The van der Waals surface area contributed by atoms with Crippen molar-refractivity contribution in [2.75, 3.05) is 12.5 Å². The molecule has 0 amide bonds. The highest BCUT2D eigenvalue weighted by Crippen LogP contribution is 2.32. The third kappa shape index (κ3) is 2.33. The summed E-state index contributed by atoms with van der Waals surface area (Å²) in [4.78, 5) is 3.00. The van der Waals surface area contributed by atoms with Gasteiger partial charge >= 0.3 is 0 Å². The number of hydrogen-bond acceptors (Lipinski definition) is 4. The van der Waals surface area contributed by atoms with Crippen LogP contribution in [0.25, 0.3) is 10.9 Å². The van der Waals surface area contributed by atoms with Gasteiger partial charge in [0.05, 0.1) is 0 Å². The van der Waals surface area contributed by atoms with Crippen molar-refractivity contribution in [2.45, 2.75) is 0 Å². The minimum atomic E-state index is 0.304. The Hall–Kier alpha value is -2.82. The van der Waals surface area contributed by atoms with Gasteiger partial charge in [0.25, 0.3) is 0 Å². The van der Waals surface area contributed by atoms with E-state index in [9.17, 15) is 5.11 Å². The highest BCUT2D eigenvalue weighted by atomic mass is 16.7. The molecule has 1 aliphatic heterocycles. The van der Waals surface area contributed by atoms with E-state index in [1.807, 2.05) is 24.4 Å². The Kier molecular flexibility index (Phi) is 3.09. The number of aromatic nitrogens is 1. The molecule has 1 aliphatic rings. The molecule has 102 valence electrons. The lowest BCUT2D eigenvalue weighted by atomic mass is 10.2. The Bertz CT molecular complexity index is 737. The molecule has 0 fully saturated rings. The van der Waals surface area contributed by atoms with Crippen LogP contribution in [0, 0.1) is 0 Å². The molecule has 5 nitrogen and oxygen atoms in total. The average Bonchev–Trinajstić information content (AvgIpc) is 3.07. The van der Waals surface area contributed by atoms with Crippen molar-refractivity contribution in [3.05, 3.63) is 48.7 Å². The fraction of sp³-hybridized carbons (Fsp3) is 0.0667. The Morgan fingerprint density at radius 1 is 1.05 bits per heavy atom. The van der Waals surface area contributed by atoms with Gasteiger partial charge in [-0.3, -0.25) is 0 Å². The summed E-state index contributed by atoms with van der Waals surface area (Å²) in [5.74, 6) is 1.84. The maximum absolute atomic E-state index is 9.24. The minimum absolute atomic E-state index is 0.304. The van der Waals surface area contributed by atoms with Crippen LogP contribution in [0.2, 0.25) is 0 Å². The van der Waals surface area contributed by atoms with E-state index in [1.165, 1.54) is 0 Å². The summed E-state index contributed by atoms with van der Waals surface area (Å²) >= 11 is 0. The second kappa shape index (κ2) is 5.05. The second-order valence-electron chi connectivity index (χ2n) is 4.33. The molecule has 0 bridgehead atoms. The summed E-state index contributed by atoms with van der Waals surface area (Å²) in [6.45, 7) is 0.304. The number of anilines is 1. The number of ether oxygens (including phenoxy) is 2. The van der Waals surface area contributed by atoms with Crippen molar-refractivity contribution in [3.8, 4) is 17.2 Å². The molecule has 20 heavy (non-hydrogen) atoms. The molecular formula is C15H14N2O3. The van der Waals surface area contributed by atoms with Crippen molar-refractivity contribution in [2.24, 2.45) is 0 Å². The molecule has 1 aromatic heterocycles. The van der Waals surface area contributed by atoms with Crippen LogP contribution in [0.3, 0.4) is 0 Å². The van der Waals surface area contributed by atoms with Crippen LogP contribution < -0.4 is 15.2 Å². The van der Waals surface area contributed by atoms with Crippen LogP contribution in [0.4, 0.5) is 5.69 Å². The van der Waals surface area contributed by atoms with Crippen molar-refractivity contribution < 1.29 is 14.6 Å². The number of nitrogens with one attached hydrogen (secondary N) is 1. The summed E-state index contributed by atoms with van der Waals surface area (Å²) in [5, 5.41) is 10.1. The maximum atomic E-state index is 9.24. The third-order valence-corrected chi connectivity index (χ3v) is 2.97. The maximum Gasteiger partial charge on any atom is 0.231 e. The fourth-order valence-corrected chi connectivity index (χ4v) is 1.98. The fourth-order valence-electron chi connectivity index (χ4n) is 1.98. The molecule has 5 heteroatoms. The number of aromatic amines is 1. The monoisotopic (exact) mass is 270 g/mol. The first kappa shape index (κ1) is 12.2. The first-order valence-electron chi connectivity index (χ1n) is 6.14. The van der Waals surface area contributed by atoms with Gasteiger partial charge in [0.2, 0.25) is 6.79 Å². The third-order valence-electron chi connectivity index (χ3n) is 2.97. The van der Waals surface area contributed by atoms with Gasteiger partial charge in [-0.1, -0.05) is 6.07 Å². The van der Waals surface area contributed by atoms with E-state index in [1.54, 1.807) is 24.3 Å². The molecule has 4 N–H and O–H groups in total. The van der Waals surface area contributed by atoms with Gasteiger partial charge in [0.15, 0.2) is 11.5 Å². The first-order valence-corrected chi connectivity index (χ1v) is 6.14. The van der Waals surface area contributed by atoms with Crippen molar-refractivity contribution in [1.82, 2.24) is 4.98 Å². The number of hydrogen-bond donors (Lipinski definition) is 3. The zero-order valence-corrected chi connectivity index (χ0v) is 10.7. The number of phenolic OH excluding ortho intramolecular Hbond substituents is 1. The lowest BCUT2D eigenvalue weighted by molar-refractivity contribution is 0.174. The molecule has 2 aromatic carbocycles. The van der Waals surface area contributed by atoms with Crippen LogP contribution in [0.1, 0.15) is 0 Å². The number of phenols is 1. The molecule has 0 atom stereocenters. The Morgan fingerprint density at radius 3 is 2.75 bits per heavy atom. The van der Waals surface area contributed by atoms with E-state index in [4.69, 9.17) is 15.2 Å². The molecule has 4 rings (SSSR count). The number of rotatable bonds is 0. The van der Waals surface area contributed by atoms with Crippen molar-refractivity contribution >= 4 is 16.6 Å². The van der Waals surface area contributed by atoms with Crippen LogP contribution in [0.5, 0.6) is 17.2 Å². The van der Waals surface area contributed by atoms with Gasteiger partial charge in [-0.2, -0.15) is 0 Å². The van der Waals surface area contributed by atoms with Gasteiger partial charge in [-0.25, -0.2) is 0 Å². The zero-order chi connectivity index (χ0) is 13.9. The van der Waals surface area contributed by atoms with Gasteiger partial charge in [0.1, 0.15) is 5.75 Å². The van der Waals surface area contributed by atoms with E-state index in [0.29, 0.717) is 18.2 Å². The number of nitrogen functional groups attached to an aromatic ring is 1. The van der Waals surface area contributed by atoms with Crippen LogP contribution in [-0.4, -0.2) is 16.9 Å². The highest BCUT2D eigenvalue weighted by Gasteiger charge is 2.11. The van der Waals surface area contributed by atoms with Crippen molar-refractivity contribution in [1.29, 1.82) is 0 Å². The van der Waals surface area contributed by atoms with Gasteiger partial charge < -0.3 is 25.3 Å². The van der Waals surface area contributed by atoms with E-state index < -0.39 is 0 Å². The summed E-state index contributed by atoms with van der Waals surface area (Å²) in [6, 6.07) is 12.6. The number of fused-ring (bicyclic) bond motifs is 2. The molecule has 0 unspecified atom stereocenters. The summed E-state index contributed by atoms with van der Waals surface area (Å²) in [5.41, 5.74) is 7.17. The predicted molar refractivity (Wildman–Crippen MR) is 76.9 cm³/mol. The lowest BCUT2D eigenvalue weighted by Crippen LogP contribution is -1.92. The van der Waals surface area contributed by atoms with E-state index in [0.717, 1.165) is 22.4 Å². The average molecular weight is 270 g/mol. The van der Waals surface area contributed by atoms with Crippen LogP contribution >= 0.6 is 0 Å². The molecular weight excluding hydrogens is 256 g/mol. The number of H-pyrrole nitrogens is 1. The summed E-state index contributed by atoms with van der Waals surface area (Å²) in [6.07, 6.45) is 1.81. The largest absolute Gasteiger partial charge is 0.507 e. The molecule has 0 radical (unpaired) electrons. The molecule has 2 heterocycles. The number of nitrogens with two attached hydrogens (primary N) is 1. The Labute approximate surface area is 115 Å². The van der Waals surface area contributed by atoms with E-state index in [2.05, 4.69) is 4.98 Å². The highest BCUT2D eigenvalue weighted by molar-refractivity contribution is 5.85. The summed E-state index contributed by atoms with van der Waals surface area (Å²) < 4.78 is 10.2. The molecule has 3 aromatic rings. The second-order valence-corrected chi connectivity index (χ2v) is 4.33. The standard InChI is InChI=1S/C8H7NO.C7H7NO2/c10-8-3-1-2-7-6(8)4-5-9-7;8-5-1-2-6-7(3-5)10-4-9-6/h1-5,9-10H;1-3H,4,8H2. The Balaban J connectivity index is 0.000000121. The normalized spacial score (nSPS) is 12.0. The van der Waals surface area contributed by atoms with Crippen LogP contribution in [-0.2, 0) is 0 Å². The van der Waals surface area contributed by atoms with Crippen molar-refractivity contribution in [3.63, 3.8) is 0 Å². The van der Waals surface area contributed by atoms with E-state index in [-0.39, 0.29) is 0 Å². The Morgan fingerprint density at radius 2 is 1.90 bits per heavy atom. The number of aromatic hydroxyl groups is 1. The molecule has 0 saturated carbocycles. The SMILES string of the molecule is Nc1ccc2c(c1)OCO2.Oc1cccc2[nH]ccc12. The topological polar surface area (TPSA) is 80.5 Å². The van der Waals surface area contributed by atoms with Crippen LogP contribution in [0.15, 0.2) is 48.7 Å². The van der Waals surface area contributed by atoms with E-state index >= 15 is 0 Å². The smallest absolute Gasteiger partial charge is 0.231 e. The first-order chi connectivity index (χ1) is 9.74. The quantitative estimate of drug-likeness (QED) is 0.549. The minimum Gasteiger partial charge on any atom is -0.507 e. The molecule has 0 saturated heterocycles. The summed E-state index contributed by atoms with van der Waals surface area (Å²) in [7, 11) is 0.